The van der Waals surface area contributed by atoms with E-state index >= 15 is 0 Å². The van der Waals surface area contributed by atoms with Gasteiger partial charge in [-0.25, -0.2) is 4.79 Å². The topological polar surface area (TPSA) is 50.8 Å². The fourth-order valence-electron chi connectivity index (χ4n) is 2.93. The molecule has 1 heterocycles. The molecule has 132 valence electrons. The summed E-state index contributed by atoms with van der Waals surface area (Å²) in [6.45, 7) is 1.24. The van der Waals surface area contributed by atoms with Crippen LogP contribution in [-0.4, -0.2) is 38.0 Å². The highest BCUT2D eigenvalue weighted by Crippen LogP contribution is 2.33. The van der Waals surface area contributed by atoms with Crippen LogP contribution in [0.25, 0.3) is 0 Å². The molecular formula is C19H22N2O3S. The Kier molecular flexibility index (Phi) is 5.38. The van der Waals surface area contributed by atoms with Crippen LogP contribution in [-0.2, 0) is 13.0 Å². The molecule has 0 spiro atoms. The third-order valence-electron chi connectivity index (χ3n) is 4.35. The highest BCUT2D eigenvalue weighted by Gasteiger charge is 2.22. The van der Waals surface area contributed by atoms with Crippen LogP contribution in [0.5, 0.6) is 11.5 Å². The molecule has 0 saturated carbocycles. The van der Waals surface area contributed by atoms with Crippen LogP contribution in [0.3, 0.4) is 0 Å². The van der Waals surface area contributed by atoms with Gasteiger partial charge in [0.1, 0.15) is 0 Å². The van der Waals surface area contributed by atoms with Crippen LogP contribution in [0.15, 0.2) is 41.3 Å². The molecule has 6 heteroatoms. The van der Waals surface area contributed by atoms with Crippen LogP contribution >= 0.6 is 11.8 Å². The van der Waals surface area contributed by atoms with Crippen molar-refractivity contribution >= 4 is 23.5 Å². The molecule has 0 unspecified atom stereocenters. The number of amides is 2. The first-order valence-electron chi connectivity index (χ1n) is 8.08. The van der Waals surface area contributed by atoms with Gasteiger partial charge in [0.15, 0.2) is 11.5 Å². The third kappa shape index (κ3) is 3.85. The number of methoxy groups -OCH3 is 2. The number of nitrogens with zero attached hydrogens (tertiary/aromatic N) is 1. The van der Waals surface area contributed by atoms with Crippen molar-refractivity contribution in [3.05, 3.63) is 47.5 Å². The summed E-state index contributed by atoms with van der Waals surface area (Å²) in [6.07, 6.45) is 2.83. The maximum Gasteiger partial charge on any atom is 0.322 e. The number of ether oxygens (including phenoxy) is 2. The average molecular weight is 358 g/mol. The van der Waals surface area contributed by atoms with Crippen molar-refractivity contribution in [3.63, 3.8) is 0 Å². The number of fused-ring (bicyclic) bond motifs is 1. The van der Waals surface area contributed by atoms with Crippen LogP contribution in [0, 0.1) is 0 Å². The Bertz CT molecular complexity index is 762. The molecule has 0 radical (unpaired) electrons. The maximum atomic E-state index is 12.6. The molecule has 3 rings (SSSR count). The summed E-state index contributed by atoms with van der Waals surface area (Å²) in [5.74, 6) is 1.42. The molecule has 0 bridgehead atoms. The first-order valence-corrected chi connectivity index (χ1v) is 9.31. The SMILES string of the molecule is COc1cc2c(cc1OC)CN(C(=O)Nc1ccc(SC)cc1)CC2. The van der Waals surface area contributed by atoms with Crippen LogP contribution in [0.4, 0.5) is 10.5 Å². The Labute approximate surface area is 152 Å². The number of hydrogen-bond acceptors (Lipinski definition) is 4. The van der Waals surface area contributed by atoms with E-state index in [1.54, 1.807) is 26.0 Å². The minimum atomic E-state index is -0.0858. The molecule has 0 atom stereocenters. The van der Waals surface area contributed by atoms with Crippen molar-refractivity contribution in [1.82, 2.24) is 4.90 Å². The van der Waals surface area contributed by atoms with E-state index in [2.05, 4.69) is 5.32 Å². The predicted molar refractivity (Wildman–Crippen MR) is 101 cm³/mol. The van der Waals surface area contributed by atoms with E-state index in [4.69, 9.17) is 9.47 Å². The molecule has 2 aromatic carbocycles. The smallest absolute Gasteiger partial charge is 0.322 e. The van der Waals surface area contributed by atoms with Crippen molar-refractivity contribution < 1.29 is 14.3 Å². The van der Waals surface area contributed by atoms with Gasteiger partial charge in [0.05, 0.1) is 14.2 Å². The van der Waals surface area contributed by atoms with E-state index in [-0.39, 0.29) is 6.03 Å². The molecule has 0 aromatic heterocycles. The fraction of sp³-hybridized carbons (Fsp3) is 0.316. The summed E-state index contributed by atoms with van der Waals surface area (Å²) in [4.78, 5) is 15.6. The van der Waals surface area contributed by atoms with Crippen molar-refractivity contribution in [2.75, 3.05) is 32.3 Å². The first kappa shape index (κ1) is 17.5. The zero-order chi connectivity index (χ0) is 17.8. The Balaban J connectivity index is 1.71. The van der Waals surface area contributed by atoms with Crippen LogP contribution < -0.4 is 14.8 Å². The lowest BCUT2D eigenvalue weighted by Gasteiger charge is -2.29. The predicted octanol–water partition coefficient (Wildman–Crippen LogP) is 4.02. The number of nitrogens with one attached hydrogen (secondary N) is 1. The zero-order valence-corrected chi connectivity index (χ0v) is 15.5. The number of rotatable bonds is 4. The molecule has 1 aliphatic heterocycles. The van der Waals surface area contributed by atoms with Gasteiger partial charge in [-0.05, 0) is 60.2 Å². The highest BCUT2D eigenvalue weighted by atomic mass is 32.2. The van der Waals surface area contributed by atoms with Gasteiger partial charge in [-0.15, -0.1) is 11.8 Å². The van der Waals surface area contributed by atoms with Gasteiger partial charge in [-0.3, -0.25) is 0 Å². The Hall–Kier alpha value is -2.34. The first-order chi connectivity index (χ1) is 12.1. The Morgan fingerprint density at radius 1 is 1.08 bits per heavy atom. The summed E-state index contributed by atoms with van der Waals surface area (Å²) in [5, 5.41) is 2.97. The summed E-state index contributed by atoms with van der Waals surface area (Å²) in [6, 6.07) is 11.7. The largest absolute Gasteiger partial charge is 0.493 e. The minimum Gasteiger partial charge on any atom is -0.493 e. The third-order valence-corrected chi connectivity index (χ3v) is 5.09. The molecule has 5 nitrogen and oxygen atoms in total. The van der Waals surface area contributed by atoms with Crippen molar-refractivity contribution in [1.29, 1.82) is 0 Å². The lowest BCUT2D eigenvalue weighted by molar-refractivity contribution is 0.206. The van der Waals surface area contributed by atoms with E-state index in [0.717, 1.165) is 23.4 Å². The van der Waals surface area contributed by atoms with Gasteiger partial charge in [0, 0.05) is 23.7 Å². The van der Waals surface area contributed by atoms with E-state index in [0.29, 0.717) is 18.8 Å². The summed E-state index contributed by atoms with van der Waals surface area (Å²) in [5.41, 5.74) is 3.10. The average Bonchev–Trinajstić information content (AvgIpc) is 2.66. The van der Waals surface area contributed by atoms with Crippen LogP contribution in [0.1, 0.15) is 11.1 Å². The van der Waals surface area contributed by atoms with Gasteiger partial charge >= 0.3 is 6.03 Å². The molecule has 2 amide bonds. The number of thioether (sulfide) groups is 1. The van der Waals surface area contributed by atoms with Crippen molar-refractivity contribution in [2.45, 2.75) is 17.9 Å². The second kappa shape index (κ2) is 7.70. The molecule has 0 saturated heterocycles. The summed E-state index contributed by atoms with van der Waals surface area (Å²) < 4.78 is 10.7. The number of carbonyl (C=O) groups excluding carboxylic acids is 1. The summed E-state index contributed by atoms with van der Waals surface area (Å²) in [7, 11) is 3.25. The van der Waals surface area contributed by atoms with E-state index in [1.807, 2.05) is 47.6 Å². The number of benzene rings is 2. The monoisotopic (exact) mass is 358 g/mol. The van der Waals surface area contributed by atoms with Gasteiger partial charge in [0.2, 0.25) is 0 Å². The molecular weight excluding hydrogens is 336 g/mol. The number of anilines is 1. The van der Waals surface area contributed by atoms with Crippen molar-refractivity contribution in [3.8, 4) is 11.5 Å². The second-order valence-electron chi connectivity index (χ2n) is 5.81. The Morgan fingerprint density at radius 3 is 2.32 bits per heavy atom. The molecule has 0 aliphatic carbocycles. The molecule has 1 N–H and O–H groups in total. The maximum absolute atomic E-state index is 12.6. The lowest BCUT2D eigenvalue weighted by atomic mass is 9.99. The molecule has 1 aliphatic rings. The number of carbonyl (C=O) groups is 1. The minimum absolute atomic E-state index is 0.0858. The fourth-order valence-corrected chi connectivity index (χ4v) is 3.34. The second-order valence-corrected chi connectivity index (χ2v) is 6.69. The number of hydrogen-bond donors (Lipinski definition) is 1. The molecule has 2 aromatic rings. The van der Waals surface area contributed by atoms with E-state index in [1.165, 1.54) is 10.5 Å². The highest BCUT2D eigenvalue weighted by molar-refractivity contribution is 7.98. The molecule has 25 heavy (non-hydrogen) atoms. The number of urea groups is 1. The van der Waals surface area contributed by atoms with E-state index in [9.17, 15) is 4.79 Å². The van der Waals surface area contributed by atoms with E-state index < -0.39 is 0 Å². The summed E-state index contributed by atoms with van der Waals surface area (Å²) >= 11 is 1.68. The van der Waals surface area contributed by atoms with Gasteiger partial charge in [-0.1, -0.05) is 0 Å². The molecule has 0 fully saturated rings. The lowest BCUT2D eigenvalue weighted by Crippen LogP contribution is -2.38. The van der Waals surface area contributed by atoms with Gasteiger partial charge < -0.3 is 19.7 Å². The zero-order valence-electron chi connectivity index (χ0n) is 14.7. The standard InChI is InChI=1S/C19H22N2O3S/c1-23-17-10-13-8-9-21(12-14(13)11-18(17)24-2)19(22)20-15-4-6-16(25-3)7-5-15/h4-7,10-11H,8-9,12H2,1-3H3,(H,20,22). The normalized spacial score (nSPS) is 13.2. The van der Waals surface area contributed by atoms with Gasteiger partial charge in [-0.2, -0.15) is 0 Å². The quantitative estimate of drug-likeness (QED) is 0.839. The Morgan fingerprint density at radius 2 is 1.72 bits per heavy atom. The van der Waals surface area contributed by atoms with Crippen molar-refractivity contribution in [2.24, 2.45) is 0 Å². The van der Waals surface area contributed by atoms with Crippen LogP contribution in [0.2, 0.25) is 0 Å². The van der Waals surface area contributed by atoms with Gasteiger partial charge in [0.25, 0.3) is 0 Å².